The Morgan fingerprint density at radius 2 is 1.72 bits per heavy atom. The van der Waals surface area contributed by atoms with Crippen LogP contribution in [0, 0.1) is 3.57 Å². The highest BCUT2D eigenvalue weighted by Crippen LogP contribution is 2.12. The summed E-state index contributed by atoms with van der Waals surface area (Å²) in [6.45, 7) is 2.65. The molecule has 130 valence electrons. The first-order valence-corrected chi connectivity index (χ1v) is 9.30. The number of nitrogens with one attached hydrogen (secondary N) is 2. The number of rotatable bonds is 7. The van der Waals surface area contributed by atoms with Crippen molar-refractivity contribution in [3.63, 3.8) is 0 Å². The first-order valence-electron chi connectivity index (χ1n) is 8.22. The van der Waals surface area contributed by atoms with Gasteiger partial charge in [0.05, 0.1) is 5.56 Å². The van der Waals surface area contributed by atoms with Gasteiger partial charge >= 0.3 is 0 Å². The Kier molecular flexibility index (Phi) is 7.66. The van der Waals surface area contributed by atoms with Crippen LogP contribution in [-0.2, 0) is 4.79 Å². The van der Waals surface area contributed by atoms with Crippen LogP contribution in [0.2, 0.25) is 0 Å². The van der Waals surface area contributed by atoms with Gasteiger partial charge in [0, 0.05) is 10.1 Å². The molecule has 0 saturated heterocycles. The Labute approximate surface area is 161 Å². The molecule has 0 atom stereocenters. The zero-order valence-electron chi connectivity index (χ0n) is 14.1. The van der Waals surface area contributed by atoms with E-state index in [0.717, 1.165) is 22.0 Å². The van der Waals surface area contributed by atoms with Crippen molar-refractivity contribution in [2.45, 2.75) is 19.8 Å². The predicted octanol–water partition coefficient (Wildman–Crippen LogP) is 3.98. The maximum atomic E-state index is 12.6. The number of amides is 2. The monoisotopic (exact) mass is 448 g/mol. The van der Waals surface area contributed by atoms with Gasteiger partial charge in [-0.3, -0.25) is 9.59 Å². The topological polar surface area (TPSA) is 58.2 Å². The summed E-state index contributed by atoms with van der Waals surface area (Å²) in [6.07, 6.45) is 3.58. The molecule has 0 heterocycles. The van der Waals surface area contributed by atoms with Gasteiger partial charge in [0.15, 0.2) is 0 Å². The molecule has 0 radical (unpaired) electrons. The van der Waals surface area contributed by atoms with Crippen LogP contribution in [0.25, 0.3) is 6.08 Å². The Hall–Kier alpha value is -2.15. The van der Waals surface area contributed by atoms with Crippen LogP contribution in [0.3, 0.4) is 0 Å². The minimum absolute atomic E-state index is 0.243. The van der Waals surface area contributed by atoms with E-state index in [-0.39, 0.29) is 17.5 Å². The van der Waals surface area contributed by atoms with Crippen LogP contribution < -0.4 is 10.6 Å². The van der Waals surface area contributed by atoms with Crippen LogP contribution >= 0.6 is 22.6 Å². The zero-order chi connectivity index (χ0) is 18.1. The van der Waals surface area contributed by atoms with Crippen LogP contribution in [-0.4, -0.2) is 18.4 Å². The maximum Gasteiger partial charge on any atom is 0.267 e. The summed E-state index contributed by atoms with van der Waals surface area (Å²) in [5.41, 5.74) is 1.64. The normalized spacial score (nSPS) is 11.0. The minimum Gasteiger partial charge on any atom is -0.351 e. The summed E-state index contributed by atoms with van der Waals surface area (Å²) in [6, 6.07) is 16.7. The van der Waals surface area contributed by atoms with Crippen molar-refractivity contribution in [2.24, 2.45) is 0 Å². The average molecular weight is 448 g/mol. The van der Waals surface area contributed by atoms with Crippen LogP contribution in [0.1, 0.15) is 35.7 Å². The lowest BCUT2D eigenvalue weighted by Gasteiger charge is -2.12. The minimum atomic E-state index is -0.294. The fraction of sp³-hybridized carbons (Fsp3) is 0.200. The summed E-state index contributed by atoms with van der Waals surface area (Å²) in [4.78, 5) is 25.0. The Balaban J connectivity index is 2.22. The third-order valence-electron chi connectivity index (χ3n) is 3.54. The van der Waals surface area contributed by atoms with Crippen LogP contribution in [0.4, 0.5) is 0 Å². The molecule has 4 nitrogen and oxygen atoms in total. The largest absolute Gasteiger partial charge is 0.351 e. The van der Waals surface area contributed by atoms with E-state index in [1.165, 1.54) is 0 Å². The number of unbranched alkanes of at least 4 members (excludes halogenated alkanes) is 1. The number of hydrogen-bond donors (Lipinski definition) is 2. The molecular weight excluding hydrogens is 427 g/mol. The second-order valence-electron chi connectivity index (χ2n) is 5.51. The molecule has 2 N–H and O–H groups in total. The summed E-state index contributed by atoms with van der Waals surface area (Å²) in [5.74, 6) is -0.575. The highest BCUT2D eigenvalue weighted by molar-refractivity contribution is 14.1. The van der Waals surface area contributed by atoms with Gasteiger partial charge < -0.3 is 10.6 Å². The molecule has 2 rings (SSSR count). The molecule has 5 heteroatoms. The zero-order valence-corrected chi connectivity index (χ0v) is 16.2. The molecule has 0 aliphatic rings. The SMILES string of the molecule is CCCCNC(=O)/C(=C/c1ccccc1)NC(=O)c1ccccc1I. The number of carbonyl (C=O) groups excluding carboxylic acids is 2. The van der Waals surface area contributed by atoms with Gasteiger partial charge in [-0.1, -0.05) is 55.8 Å². The lowest BCUT2D eigenvalue weighted by atomic mass is 10.1. The first kappa shape index (κ1) is 19.2. The van der Waals surface area contributed by atoms with E-state index in [1.54, 1.807) is 18.2 Å². The van der Waals surface area contributed by atoms with E-state index in [1.807, 2.05) is 42.5 Å². The summed E-state index contributed by atoms with van der Waals surface area (Å²) < 4.78 is 0.836. The average Bonchev–Trinajstić information content (AvgIpc) is 2.62. The van der Waals surface area contributed by atoms with E-state index < -0.39 is 0 Å². The van der Waals surface area contributed by atoms with Crippen LogP contribution in [0.5, 0.6) is 0 Å². The summed E-state index contributed by atoms with van der Waals surface area (Å²) >= 11 is 2.11. The van der Waals surface area contributed by atoms with Crippen molar-refractivity contribution in [3.05, 3.63) is 75.0 Å². The molecule has 2 amide bonds. The standard InChI is InChI=1S/C20H21IN2O2/c1-2-3-13-22-20(25)18(14-15-9-5-4-6-10-15)23-19(24)16-11-7-8-12-17(16)21/h4-12,14H,2-3,13H2,1H3,(H,22,25)(H,23,24)/b18-14-. The van der Waals surface area contributed by atoms with E-state index in [2.05, 4.69) is 40.1 Å². The van der Waals surface area contributed by atoms with Crippen molar-refractivity contribution in [1.82, 2.24) is 10.6 Å². The molecule has 2 aromatic carbocycles. The molecule has 0 aliphatic heterocycles. The highest BCUT2D eigenvalue weighted by atomic mass is 127. The fourth-order valence-corrected chi connectivity index (χ4v) is 2.82. The molecule has 0 saturated carbocycles. The Morgan fingerprint density at radius 3 is 2.40 bits per heavy atom. The predicted molar refractivity (Wildman–Crippen MR) is 109 cm³/mol. The molecule has 0 aromatic heterocycles. The van der Waals surface area contributed by atoms with Crippen molar-refractivity contribution in [1.29, 1.82) is 0 Å². The quantitative estimate of drug-likeness (QED) is 0.383. The smallest absolute Gasteiger partial charge is 0.267 e. The van der Waals surface area contributed by atoms with Crippen LogP contribution in [0.15, 0.2) is 60.3 Å². The van der Waals surface area contributed by atoms with Gasteiger partial charge in [-0.25, -0.2) is 0 Å². The summed E-state index contributed by atoms with van der Waals surface area (Å²) in [5, 5.41) is 5.61. The number of hydrogen-bond acceptors (Lipinski definition) is 2. The Bertz CT molecular complexity index is 757. The van der Waals surface area contributed by atoms with E-state index in [9.17, 15) is 9.59 Å². The molecule has 0 unspecified atom stereocenters. The molecule has 2 aromatic rings. The summed E-state index contributed by atoms with van der Waals surface area (Å²) in [7, 11) is 0. The second-order valence-corrected chi connectivity index (χ2v) is 6.67. The molecule has 0 bridgehead atoms. The lowest BCUT2D eigenvalue weighted by Crippen LogP contribution is -2.35. The van der Waals surface area contributed by atoms with Gasteiger partial charge in [0.25, 0.3) is 11.8 Å². The molecule has 0 aliphatic carbocycles. The van der Waals surface area contributed by atoms with Gasteiger partial charge in [-0.05, 0) is 52.8 Å². The molecular formula is C20H21IN2O2. The second kappa shape index (κ2) is 9.98. The van der Waals surface area contributed by atoms with E-state index >= 15 is 0 Å². The Morgan fingerprint density at radius 1 is 1.04 bits per heavy atom. The number of carbonyl (C=O) groups is 2. The lowest BCUT2D eigenvalue weighted by molar-refractivity contribution is -0.117. The molecule has 0 spiro atoms. The number of benzene rings is 2. The van der Waals surface area contributed by atoms with E-state index in [0.29, 0.717) is 12.1 Å². The molecule has 0 fully saturated rings. The van der Waals surface area contributed by atoms with Crippen molar-refractivity contribution in [2.75, 3.05) is 6.54 Å². The van der Waals surface area contributed by atoms with Gasteiger partial charge in [-0.15, -0.1) is 0 Å². The van der Waals surface area contributed by atoms with Gasteiger partial charge in [0.1, 0.15) is 5.70 Å². The third-order valence-corrected chi connectivity index (χ3v) is 4.48. The molecule has 25 heavy (non-hydrogen) atoms. The van der Waals surface area contributed by atoms with Crippen molar-refractivity contribution in [3.8, 4) is 0 Å². The highest BCUT2D eigenvalue weighted by Gasteiger charge is 2.15. The van der Waals surface area contributed by atoms with Crippen molar-refractivity contribution < 1.29 is 9.59 Å². The van der Waals surface area contributed by atoms with E-state index in [4.69, 9.17) is 0 Å². The van der Waals surface area contributed by atoms with Crippen molar-refractivity contribution >= 4 is 40.5 Å². The number of halogens is 1. The van der Waals surface area contributed by atoms with Gasteiger partial charge in [-0.2, -0.15) is 0 Å². The maximum absolute atomic E-state index is 12.6. The first-order chi connectivity index (χ1) is 12.1. The fourth-order valence-electron chi connectivity index (χ4n) is 2.18. The third kappa shape index (κ3) is 6.01. The van der Waals surface area contributed by atoms with Gasteiger partial charge in [0.2, 0.25) is 0 Å².